The fourth-order valence-electron chi connectivity index (χ4n) is 5.86. The van der Waals surface area contributed by atoms with Crippen molar-refractivity contribution in [3.8, 4) is 5.75 Å². The lowest BCUT2D eigenvalue weighted by molar-refractivity contribution is -0.140. The second kappa shape index (κ2) is 15.3. The summed E-state index contributed by atoms with van der Waals surface area (Å²) in [6.45, 7) is 1.25. The largest absolute Gasteiger partial charge is 0.497 e. The number of carbonyl (C=O) groups excluding carboxylic acids is 2. The van der Waals surface area contributed by atoms with Gasteiger partial charge in [-0.25, -0.2) is 12.8 Å². The van der Waals surface area contributed by atoms with Crippen LogP contribution in [0.4, 0.5) is 10.1 Å². The molecule has 1 aliphatic carbocycles. The van der Waals surface area contributed by atoms with Crippen molar-refractivity contribution in [2.75, 3.05) is 18.0 Å². The molecule has 0 aromatic heterocycles. The highest BCUT2D eigenvalue weighted by Crippen LogP contribution is 2.26. The van der Waals surface area contributed by atoms with Crippen LogP contribution < -0.4 is 14.4 Å². The highest BCUT2D eigenvalue weighted by Gasteiger charge is 2.35. The number of ether oxygens (including phenoxy) is 1. The highest BCUT2D eigenvalue weighted by molar-refractivity contribution is 7.92. The first-order chi connectivity index (χ1) is 22.6. The van der Waals surface area contributed by atoms with Crippen LogP contribution in [0, 0.1) is 12.7 Å². The summed E-state index contributed by atoms with van der Waals surface area (Å²) in [7, 11) is -2.73. The molecule has 8 nitrogen and oxygen atoms in total. The van der Waals surface area contributed by atoms with Gasteiger partial charge in [0.25, 0.3) is 10.0 Å². The molecule has 0 bridgehead atoms. The van der Waals surface area contributed by atoms with E-state index in [0.29, 0.717) is 11.3 Å². The Balaban J connectivity index is 1.57. The highest BCUT2D eigenvalue weighted by atomic mass is 32.2. The maximum Gasteiger partial charge on any atom is 0.264 e. The zero-order chi connectivity index (χ0) is 33.4. The van der Waals surface area contributed by atoms with Crippen molar-refractivity contribution in [1.82, 2.24) is 10.2 Å². The van der Waals surface area contributed by atoms with Crippen LogP contribution in [0.3, 0.4) is 0 Å². The Bertz CT molecular complexity index is 1760. The first-order valence-corrected chi connectivity index (χ1v) is 17.2. The normalized spacial score (nSPS) is 13.9. The number of aryl methyl sites for hydroxylation is 1. The number of nitrogens with zero attached hydrogens (tertiary/aromatic N) is 2. The molecule has 246 valence electrons. The van der Waals surface area contributed by atoms with Gasteiger partial charge in [-0.15, -0.1) is 0 Å². The Kier molecular flexibility index (Phi) is 10.9. The van der Waals surface area contributed by atoms with Crippen LogP contribution in [0.5, 0.6) is 5.75 Å². The second-order valence-electron chi connectivity index (χ2n) is 11.9. The number of anilines is 1. The Morgan fingerprint density at radius 2 is 1.55 bits per heavy atom. The van der Waals surface area contributed by atoms with Gasteiger partial charge in [-0.05, 0) is 79.4 Å². The Morgan fingerprint density at radius 1 is 0.894 bits per heavy atom. The van der Waals surface area contributed by atoms with Crippen LogP contribution in [-0.4, -0.2) is 50.9 Å². The lowest BCUT2D eigenvalue weighted by Crippen LogP contribution is -2.54. The molecule has 0 heterocycles. The van der Waals surface area contributed by atoms with Crippen LogP contribution in [0.25, 0.3) is 0 Å². The Hall–Kier alpha value is -4.70. The van der Waals surface area contributed by atoms with E-state index >= 15 is 0 Å². The van der Waals surface area contributed by atoms with Crippen molar-refractivity contribution in [2.45, 2.75) is 62.6 Å². The smallest absolute Gasteiger partial charge is 0.264 e. The van der Waals surface area contributed by atoms with Gasteiger partial charge in [0.05, 0.1) is 17.7 Å². The van der Waals surface area contributed by atoms with Crippen molar-refractivity contribution in [3.05, 3.63) is 126 Å². The van der Waals surface area contributed by atoms with Crippen LogP contribution in [0.1, 0.15) is 42.4 Å². The summed E-state index contributed by atoms with van der Waals surface area (Å²) >= 11 is 0. The van der Waals surface area contributed by atoms with Crippen LogP contribution in [0.15, 0.2) is 108 Å². The number of benzene rings is 4. The van der Waals surface area contributed by atoms with Crippen LogP contribution in [-0.2, 0) is 32.6 Å². The summed E-state index contributed by atoms with van der Waals surface area (Å²) in [5.41, 5.74) is 2.55. The minimum atomic E-state index is -4.28. The third-order valence-electron chi connectivity index (χ3n) is 8.46. The molecule has 0 unspecified atom stereocenters. The molecule has 1 saturated carbocycles. The third-order valence-corrected chi connectivity index (χ3v) is 10.3. The number of methoxy groups -OCH3 is 1. The zero-order valence-corrected chi connectivity index (χ0v) is 27.5. The summed E-state index contributed by atoms with van der Waals surface area (Å²) < 4.78 is 48.6. The second-order valence-corrected chi connectivity index (χ2v) is 13.7. The fraction of sp³-hybridized carbons (Fsp3) is 0.297. The van der Waals surface area contributed by atoms with Gasteiger partial charge in [0, 0.05) is 19.0 Å². The topological polar surface area (TPSA) is 96.0 Å². The van der Waals surface area contributed by atoms with Gasteiger partial charge in [0.2, 0.25) is 11.8 Å². The lowest BCUT2D eigenvalue weighted by Gasteiger charge is -2.34. The molecule has 4 aromatic carbocycles. The molecule has 1 aliphatic rings. The Morgan fingerprint density at radius 3 is 2.21 bits per heavy atom. The molecule has 0 spiro atoms. The van der Waals surface area contributed by atoms with Gasteiger partial charge in [0.1, 0.15) is 24.2 Å². The standard InChI is InChI=1S/C37H40FN3O5S/c1-27-15-21-34(22-16-27)47(44,45)41(32-19-17-30(38)18-20-32)26-36(42)40(25-29-11-8-14-33(23-29)46-2)35(24-28-9-4-3-5-10-28)37(43)39-31-12-6-7-13-31/h3-5,8-11,14-23,31,35H,6-7,12-13,24-26H2,1-2H3,(H,39,43)/t35-/m1/s1. The molecule has 0 radical (unpaired) electrons. The number of sulfonamides is 1. The van der Waals surface area contributed by atoms with Gasteiger partial charge >= 0.3 is 0 Å². The monoisotopic (exact) mass is 657 g/mol. The molecule has 0 aliphatic heterocycles. The minimum Gasteiger partial charge on any atom is -0.497 e. The molecule has 47 heavy (non-hydrogen) atoms. The van der Waals surface area contributed by atoms with E-state index in [1.165, 1.54) is 29.2 Å². The zero-order valence-electron chi connectivity index (χ0n) is 26.6. The Labute approximate surface area is 276 Å². The molecular weight excluding hydrogens is 617 g/mol. The first kappa shape index (κ1) is 33.7. The van der Waals surface area contributed by atoms with Gasteiger partial charge in [-0.3, -0.25) is 13.9 Å². The van der Waals surface area contributed by atoms with Gasteiger partial charge in [-0.2, -0.15) is 0 Å². The van der Waals surface area contributed by atoms with E-state index in [-0.39, 0.29) is 35.5 Å². The molecule has 1 fully saturated rings. The quantitative estimate of drug-likeness (QED) is 0.189. The van der Waals surface area contributed by atoms with Crippen LogP contribution in [0.2, 0.25) is 0 Å². The number of halogens is 1. The maximum atomic E-state index is 14.6. The van der Waals surface area contributed by atoms with Crippen molar-refractivity contribution >= 4 is 27.5 Å². The average molecular weight is 658 g/mol. The summed E-state index contributed by atoms with van der Waals surface area (Å²) in [5.74, 6) is -0.846. The lowest BCUT2D eigenvalue weighted by atomic mass is 10.0. The van der Waals surface area contributed by atoms with Crippen LogP contribution >= 0.6 is 0 Å². The number of amides is 2. The molecule has 4 aromatic rings. The molecule has 0 saturated heterocycles. The summed E-state index contributed by atoms with van der Waals surface area (Å²) in [6, 6.07) is 27.0. The van der Waals surface area contributed by atoms with Gasteiger partial charge in [-0.1, -0.05) is 73.0 Å². The van der Waals surface area contributed by atoms with E-state index in [2.05, 4.69) is 5.32 Å². The molecule has 2 amide bonds. The number of hydrogen-bond donors (Lipinski definition) is 1. The van der Waals surface area contributed by atoms with E-state index in [9.17, 15) is 22.4 Å². The van der Waals surface area contributed by atoms with E-state index < -0.39 is 34.3 Å². The molecule has 1 N–H and O–H groups in total. The molecule has 5 rings (SSSR count). The predicted octanol–water partition coefficient (Wildman–Crippen LogP) is 6.04. The van der Waals surface area contributed by atoms with E-state index in [0.717, 1.165) is 53.2 Å². The maximum absolute atomic E-state index is 14.6. The number of nitrogens with one attached hydrogen (secondary N) is 1. The van der Waals surface area contributed by atoms with Crippen molar-refractivity contribution in [2.24, 2.45) is 0 Å². The van der Waals surface area contributed by atoms with Crippen molar-refractivity contribution in [1.29, 1.82) is 0 Å². The van der Waals surface area contributed by atoms with E-state index in [4.69, 9.17) is 4.74 Å². The number of rotatable bonds is 13. The van der Waals surface area contributed by atoms with Gasteiger partial charge in [0.15, 0.2) is 0 Å². The summed E-state index contributed by atoms with van der Waals surface area (Å²) in [4.78, 5) is 30.1. The summed E-state index contributed by atoms with van der Waals surface area (Å²) in [5, 5.41) is 3.16. The number of hydrogen-bond acceptors (Lipinski definition) is 5. The van der Waals surface area contributed by atoms with E-state index in [1.54, 1.807) is 37.4 Å². The van der Waals surface area contributed by atoms with Gasteiger partial charge < -0.3 is 15.0 Å². The first-order valence-electron chi connectivity index (χ1n) is 15.8. The molecule has 1 atom stereocenters. The van der Waals surface area contributed by atoms with Crippen molar-refractivity contribution < 1.29 is 27.1 Å². The summed E-state index contributed by atoms with van der Waals surface area (Å²) in [6.07, 6.45) is 3.98. The molecular formula is C37H40FN3O5S. The van der Waals surface area contributed by atoms with E-state index in [1.807, 2.05) is 43.3 Å². The number of carbonyl (C=O) groups is 2. The fourth-order valence-corrected chi connectivity index (χ4v) is 7.28. The SMILES string of the molecule is COc1cccc(CN(C(=O)CN(c2ccc(F)cc2)S(=O)(=O)c2ccc(C)cc2)[C@H](Cc2ccccc2)C(=O)NC2CCCC2)c1. The average Bonchev–Trinajstić information content (AvgIpc) is 3.59. The third kappa shape index (κ3) is 8.56. The predicted molar refractivity (Wildman–Crippen MR) is 180 cm³/mol. The van der Waals surface area contributed by atoms with Crippen molar-refractivity contribution in [3.63, 3.8) is 0 Å². The minimum absolute atomic E-state index is 0.00664. The molecule has 10 heteroatoms.